The number of hydrogen-bond acceptors (Lipinski definition) is 5. The second-order valence-electron chi connectivity index (χ2n) is 9.79. The predicted octanol–water partition coefficient (Wildman–Crippen LogP) is 2.94. The van der Waals surface area contributed by atoms with Crippen LogP contribution in [0.3, 0.4) is 0 Å². The molecule has 2 saturated heterocycles. The van der Waals surface area contributed by atoms with Crippen LogP contribution >= 0.6 is 0 Å². The van der Waals surface area contributed by atoms with Gasteiger partial charge in [-0.3, -0.25) is 9.69 Å². The van der Waals surface area contributed by atoms with Gasteiger partial charge in [0.15, 0.2) is 0 Å². The van der Waals surface area contributed by atoms with Crippen molar-refractivity contribution in [2.75, 3.05) is 39.8 Å². The normalized spacial score (nSPS) is 25.1. The van der Waals surface area contributed by atoms with Crippen molar-refractivity contribution in [3.05, 3.63) is 48.0 Å². The molecule has 2 aromatic rings. The van der Waals surface area contributed by atoms with Crippen molar-refractivity contribution in [2.24, 2.45) is 17.8 Å². The van der Waals surface area contributed by atoms with Gasteiger partial charge < -0.3 is 19.1 Å². The molecule has 1 amide bonds. The Labute approximate surface area is 197 Å². The highest BCUT2D eigenvalue weighted by molar-refractivity contribution is 5.92. The number of aromatic nitrogens is 2. The number of halogens is 3. The Kier molecular flexibility index (Phi) is 6.05. The number of carbonyl (C=O) groups is 1. The van der Waals surface area contributed by atoms with E-state index in [4.69, 9.17) is 0 Å². The molecule has 1 aliphatic carbocycles. The van der Waals surface area contributed by atoms with E-state index >= 15 is 0 Å². The molecule has 1 aromatic heterocycles. The number of ether oxygens (including phenoxy) is 1. The average Bonchev–Trinajstić information content (AvgIpc) is 3.14. The Balaban J connectivity index is 1.28. The maximum atomic E-state index is 13.4. The summed E-state index contributed by atoms with van der Waals surface area (Å²) in [6.07, 6.45) is -1.41. The number of amides is 1. The number of imidazole rings is 1. The minimum atomic E-state index is -4.76. The van der Waals surface area contributed by atoms with Crippen LogP contribution in [0, 0.1) is 17.8 Å². The van der Waals surface area contributed by atoms with Gasteiger partial charge in [-0.15, -0.1) is 13.2 Å². The Morgan fingerprint density at radius 2 is 1.94 bits per heavy atom. The standard InChI is InChI=1S/C24H30F3N5O2/c1-3-30-14-22(28-15-30)23(33)32(8-16-5-4-6-18(7-16)34-24(25,26)27)13-21-19-11-31(12-20(19)21)17-9-29(2)10-17/h4-7,14-15,17,19-21H,3,8-13H2,1-2H3. The summed E-state index contributed by atoms with van der Waals surface area (Å²) in [6.45, 7) is 7.82. The molecule has 1 saturated carbocycles. The molecule has 10 heteroatoms. The average molecular weight is 478 g/mol. The molecule has 0 bridgehead atoms. The van der Waals surface area contributed by atoms with E-state index in [1.165, 1.54) is 18.2 Å². The first-order valence-corrected chi connectivity index (χ1v) is 11.8. The molecule has 2 atom stereocenters. The van der Waals surface area contributed by atoms with Crippen molar-refractivity contribution in [3.63, 3.8) is 0 Å². The zero-order valence-corrected chi connectivity index (χ0v) is 19.4. The van der Waals surface area contributed by atoms with Gasteiger partial charge in [0, 0.05) is 58.1 Å². The lowest BCUT2D eigenvalue weighted by molar-refractivity contribution is -0.274. The first-order valence-electron chi connectivity index (χ1n) is 11.8. The minimum Gasteiger partial charge on any atom is -0.406 e. The van der Waals surface area contributed by atoms with Gasteiger partial charge in [0.05, 0.1) is 6.33 Å². The third-order valence-electron chi connectivity index (χ3n) is 7.40. The molecular formula is C24H30F3N5O2. The van der Waals surface area contributed by atoms with Crippen LogP contribution in [-0.2, 0) is 13.1 Å². The smallest absolute Gasteiger partial charge is 0.406 e. The fourth-order valence-corrected chi connectivity index (χ4v) is 5.49. The molecule has 3 fully saturated rings. The number of likely N-dealkylation sites (N-methyl/N-ethyl adjacent to an activating group) is 1. The molecule has 34 heavy (non-hydrogen) atoms. The zero-order chi connectivity index (χ0) is 24.0. The highest BCUT2D eigenvalue weighted by atomic mass is 19.4. The number of alkyl halides is 3. The fourth-order valence-electron chi connectivity index (χ4n) is 5.49. The summed E-state index contributed by atoms with van der Waals surface area (Å²) >= 11 is 0. The van der Waals surface area contributed by atoms with E-state index in [1.54, 1.807) is 23.5 Å². The van der Waals surface area contributed by atoms with E-state index in [0.29, 0.717) is 48.1 Å². The maximum absolute atomic E-state index is 13.4. The largest absolute Gasteiger partial charge is 0.573 e. The molecule has 3 aliphatic rings. The molecule has 1 aromatic carbocycles. The summed E-state index contributed by atoms with van der Waals surface area (Å²) in [5, 5.41) is 0. The first kappa shape index (κ1) is 23.2. The number of carbonyl (C=O) groups excluding carboxylic acids is 1. The predicted molar refractivity (Wildman–Crippen MR) is 119 cm³/mol. The summed E-state index contributed by atoms with van der Waals surface area (Å²) in [4.78, 5) is 24.2. The monoisotopic (exact) mass is 477 g/mol. The number of likely N-dealkylation sites (tertiary alicyclic amines) is 2. The molecular weight excluding hydrogens is 447 g/mol. The van der Waals surface area contributed by atoms with Gasteiger partial charge >= 0.3 is 6.36 Å². The van der Waals surface area contributed by atoms with Crippen LogP contribution in [0.25, 0.3) is 0 Å². The quantitative estimate of drug-likeness (QED) is 0.585. The molecule has 2 unspecified atom stereocenters. The Morgan fingerprint density at radius 3 is 2.56 bits per heavy atom. The fraction of sp³-hybridized carbons (Fsp3) is 0.583. The van der Waals surface area contributed by atoms with Crippen LogP contribution in [0.1, 0.15) is 23.0 Å². The van der Waals surface area contributed by atoms with Crippen molar-refractivity contribution >= 4 is 5.91 Å². The van der Waals surface area contributed by atoms with E-state index < -0.39 is 6.36 Å². The lowest BCUT2D eigenvalue weighted by atomic mass is 10.1. The van der Waals surface area contributed by atoms with E-state index in [1.807, 2.05) is 11.5 Å². The van der Waals surface area contributed by atoms with Gasteiger partial charge in [0.2, 0.25) is 0 Å². The van der Waals surface area contributed by atoms with Crippen LogP contribution in [0.4, 0.5) is 13.2 Å². The summed E-state index contributed by atoms with van der Waals surface area (Å²) in [7, 11) is 2.13. The van der Waals surface area contributed by atoms with Crippen LogP contribution in [-0.4, -0.2) is 82.3 Å². The SMILES string of the molecule is CCn1cnc(C(=O)N(Cc2cccc(OC(F)(F)F)c2)CC2C3CN(C4CN(C)C4)CC23)c1. The van der Waals surface area contributed by atoms with Crippen molar-refractivity contribution in [1.29, 1.82) is 0 Å². The molecule has 0 radical (unpaired) electrons. The third kappa shape index (κ3) is 4.93. The number of rotatable bonds is 8. The lowest BCUT2D eigenvalue weighted by Crippen LogP contribution is -2.57. The van der Waals surface area contributed by atoms with Crippen molar-refractivity contribution in [1.82, 2.24) is 24.3 Å². The van der Waals surface area contributed by atoms with Gasteiger partial charge in [0.1, 0.15) is 11.4 Å². The number of fused-ring (bicyclic) bond motifs is 1. The number of nitrogens with zero attached hydrogens (tertiary/aromatic N) is 5. The molecule has 2 aliphatic heterocycles. The Hall–Kier alpha value is -2.59. The first-order chi connectivity index (χ1) is 16.2. The second-order valence-corrected chi connectivity index (χ2v) is 9.79. The van der Waals surface area contributed by atoms with E-state index in [-0.39, 0.29) is 18.2 Å². The van der Waals surface area contributed by atoms with Gasteiger partial charge in [-0.2, -0.15) is 0 Å². The van der Waals surface area contributed by atoms with Crippen LogP contribution < -0.4 is 4.74 Å². The Bertz CT molecular complexity index is 1020. The lowest BCUT2D eigenvalue weighted by Gasteiger charge is -2.43. The number of piperidine rings is 1. The zero-order valence-electron chi connectivity index (χ0n) is 19.4. The second kappa shape index (κ2) is 8.88. The highest BCUT2D eigenvalue weighted by Gasteiger charge is 2.57. The third-order valence-corrected chi connectivity index (χ3v) is 7.40. The van der Waals surface area contributed by atoms with Crippen LogP contribution in [0.15, 0.2) is 36.8 Å². The summed E-state index contributed by atoms with van der Waals surface area (Å²) in [6, 6.07) is 6.50. The van der Waals surface area contributed by atoms with E-state index in [0.717, 1.165) is 26.2 Å². The Morgan fingerprint density at radius 1 is 1.21 bits per heavy atom. The van der Waals surface area contributed by atoms with E-state index in [9.17, 15) is 18.0 Å². The van der Waals surface area contributed by atoms with Gasteiger partial charge in [-0.25, -0.2) is 4.98 Å². The van der Waals surface area contributed by atoms with Gasteiger partial charge in [-0.05, 0) is 49.4 Å². The summed E-state index contributed by atoms with van der Waals surface area (Å²) in [5.74, 6) is 1.10. The summed E-state index contributed by atoms with van der Waals surface area (Å²) in [5.41, 5.74) is 0.949. The number of hydrogen-bond donors (Lipinski definition) is 0. The number of aryl methyl sites for hydroxylation is 1. The maximum Gasteiger partial charge on any atom is 0.573 e. The van der Waals surface area contributed by atoms with Gasteiger partial charge in [-0.1, -0.05) is 12.1 Å². The highest BCUT2D eigenvalue weighted by Crippen LogP contribution is 2.53. The molecule has 7 nitrogen and oxygen atoms in total. The topological polar surface area (TPSA) is 53.8 Å². The number of benzene rings is 1. The molecule has 0 spiro atoms. The van der Waals surface area contributed by atoms with Crippen LogP contribution in [0.2, 0.25) is 0 Å². The van der Waals surface area contributed by atoms with Crippen molar-refractivity contribution in [2.45, 2.75) is 32.4 Å². The summed E-state index contributed by atoms with van der Waals surface area (Å²) < 4.78 is 43.9. The van der Waals surface area contributed by atoms with E-state index in [2.05, 4.69) is 26.6 Å². The van der Waals surface area contributed by atoms with Crippen molar-refractivity contribution in [3.8, 4) is 5.75 Å². The molecule has 5 rings (SSSR count). The molecule has 3 heterocycles. The minimum absolute atomic E-state index is 0.197. The van der Waals surface area contributed by atoms with Crippen molar-refractivity contribution < 1.29 is 22.7 Å². The van der Waals surface area contributed by atoms with Gasteiger partial charge in [0.25, 0.3) is 5.91 Å². The van der Waals surface area contributed by atoms with Crippen LogP contribution in [0.5, 0.6) is 5.75 Å². The molecule has 184 valence electrons. The molecule has 0 N–H and O–H groups in total.